The van der Waals surface area contributed by atoms with Gasteiger partial charge in [-0.25, -0.2) is 8.42 Å². The van der Waals surface area contributed by atoms with Gasteiger partial charge in [0.15, 0.2) is 0 Å². The van der Waals surface area contributed by atoms with Crippen molar-refractivity contribution in [1.29, 1.82) is 0 Å². The second-order valence-electron chi connectivity index (χ2n) is 6.87. The largest absolute Gasteiger partial charge is 0.350 e. The molecule has 5 nitrogen and oxygen atoms in total. The van der Waals surface area contributed by atoms with Gasteiger partial charge in [-0.2, -0.15) is 0 Å². The molecule has 2 heterocycles. The Balaban J connectivity index is 1.93. The predicted molar refractivity (Wildman–Crippen MR) is 96.3 cm³/mol. The smallest absolute Gasteiger partial charge is 0.270 e. The van der Waals surface area contributed by atoms with Gasteiger partial charge in [0, 0.05) is 24.0 Å². The number of amides is 1. The lowest BCUT2D eigenvalue weighted by Gasteiger charge is -2.31. The fourth-order valence-electron chi connectivity index (χ4n) is 3.62. The topological polar surface area (TPSA) is 70.2 Å². The normalized spacial score (nSPS) is 18.0. The molecule has 0 unspecified atom stereocenters. The number of carbonyl (C=O) groups is 1. The maximum Gasteiger partial charge on any atom is 0.270 e. The third-order valence-corrected chi connectivity index (χ3v) is 6.94. The third kappa shape index (κ3) is 2.83. The zero-order chi connectivity index (χ0) is 17.6. The van der Waals surface area contributed by atoms with Gasteiger partial charge < -0.3 is 9.88 Å². The van der Waals surface area contributed by atoms with E-state index in [1.54, 1.807) is 11.9 Å². The second-order valence-corrected chi connectivity index (χ2v) is 9.18. The highest BCUT2D eigenvalue weighted by Crippen LogP contribution is 2.29. The lowest BCUT2D eigenvalue weighted by Crippen LogP contribution is -2.42. The van der Waals surface area contributed by atoms with Crippen molar-refractivity contribution < 1.29 is 13.2 Å². The van der Waals surface area contributed by atoms with E-state index in [-0.39, 0.29) is 23.5 Å². The summed E-state index contributed by atoms with van der Waals surface area (Å²) in [5.41, 5.74) is 4.85. The summed E-state index contributed by atoms with van der Waals surface area (Å²) in [5.74, 6) is 0.269. The van der Waals surface area contributed by atoms with Crippen molar-refractivity contribution in [3.63, 3.8) is 0 Å². The Bertz CT molecular complexity index is 898. The van der Waals surface area contributed by atoms with E-state index in [4.69, 9.17) is 0 Å². The highest BCUT2D eigenvalue weighted by Gasteiger charge is 2.30. The fourth-order valence-corrected chi connectivity index (χ4v) is 5.09. The molecule has 2 aromatic rings. The van der Waals surface area contributed by atoms with E-state index in [1.807, 2.05) is 20.8 Å². The molecule has 0 atom stereocenters. The van der Waals surface area contributed by atoms with Gasteiger partial charge in [-0.1, -0.05) is 12.1 Å². The van der Waals surface area contributed by atoms with E-state index in [9.17, 15) is 13.2 Å². The van der Waals surface area contributed by atoms with E-state index in [1.165, 1.54) is 0 Å². The van der Waals surface area contributed by atoms with Gasteiger partial charge in [0.2, 0.25) is 0 Å². The molecule has 1 aromatic heterocycles. The Morgan fingerprint density at radius 2 is 1.71 bits per heavy atom. The van der Waals surface area contributed by atoms with Gasteiger partial charge in [-0.05, 0) is 50.3 Å². The van der Waals surface area contributed by atoms with Crippen LogP contribution in [0.15, 0.2) is 12.1 Å². The molecule has 1 fully saturated rings. The maximum atomic E-state index is 13.0. The number of benzene rings is 1. The molecule has 0 spiro atoms. The minimum atomic E-state index is -2.93. The van der Waals surface area contributed by atoms with Gasteiger partial charge in [-0.3, -0.25) is 4.79 Å². The van der Waals surface area contributed by atoms with Crippen LogP contribution in [0.5, 0.6) is 0 Å². The lowest BCUT2D eigenvalue weighted by molar-refractivity contribution is 0.0716. The van der Waals surface area contributed by atoms with Crippen LogP contribution in [0.3, 0.4) is 0 Å². The molecule has 1 amide bonds. The highest BCUT2D eigenvalue weighted by molar-refractivity contribution is 7.91. The molecule has 3 rings (SSSR count). The van der Waals surface area contributed by atoms with Crippen LogP contribution in [-0.4, -0.2) is 48.8 Å². The number of sulfone groups is 1. The summed E-state index contributed by atoms with van der Waals surface area (Å²) in [6.07, 6.45) is 1.03. The molecule has 24 heavy (non-hydrogen) atoms. The van der Waals surface area contributed by atoms with Crippen molar-refractivity contribution in [2.75, 3.05) is 18.6 Å². The standard InChI is InChI=1S/C18H24N2O3S/c1-11-5-6-12(2)16-15(11)13(3)17(19-16)18(21)20(4)14-7-9-24(22,23)10-8-14/h5-6,14,19H,7-10H2,1-4H3. The molecular formula is C18H24N2O3S. The Labute approximate surface area is 143 Å². The number of nitrogens with zero attached hydrogens (tertiary/aromatic N) is 1. The number of nitrogens with one attached hydrogen (secondary N) is 1. The van der Waals surface area contributed by atoms with Crippen LogP contribution in [0.4, 0.5) is 0 Å². The minimum absolute atomic E-state index is 0.0194. The van der Waals surface area contributed by atoms with Crippen molar-refractivity contribution in [3.8, 4) is 0 Å². The molecule has 0 saturated carbocycles. The molecule has 1 aliphatic rings. The first-order chi connectivity index (χ1) is 11.2. The molecule has 130 valence electrons. The number of hydrogen-bond acceptors (Lipinski definition) is 3. The fraction of sp³-hybridized carbons (Fsp3) is 0.500. The zero-order valence-corrected chi connectivity index (χ0v) is 15.5. The van der Waals surface area contributed by atoms with E-state index in [2.05, 4.69) is 17.1 Å². The monoisotopic (exact) mass is 348 g/mol. The molecule has 1 aromatic carbocycles. The summed E-state index contributed by atoms with van der Waals surface area (Å²) in [5, 5.41) is 1.11. The molecule has 6 heteroatoms. The van der Waals surface area contributed by atoms with Crippen LogP contribution in [-0.2, 0) is 9.84 Å². The number of hydrogen-bond donors (Lipinski definition) is 1. The van der Waals surface area contributed by atoms with Gasteiger partial charge in [0.05, 0.1) is 11.5 Å². The Morgan fingerprint density at radius 3 is 2.29 bits per heavy atom. The maximum absolute atomic E-state index is 13.0. The number of aromatic nitrogens is 1. The second kappa shape index (κ2) is 5.92. The summed E-state index contributed by atoms with van der Waals surface area (Å²) in [4.78, 5) is 18.0. The first-order valence-electron chi connectivity index (χ1n) is 8.27. The number of H-pyrrole nitrogens is 1. The SMILES string of the molecule is Cc1ccc(C)c2c(C)c(C(=O)N(C)C3CCS(=O)(=O)CC3)[nH]c12. The lowest BCUT2D eigenvalue weighted by atomic mass is 10.0. The van der Waals surface area contributed by atoms with Crippen LogP contribution in [0, 0.1) is 20.8 Å². The Kier molecular flexibility index (Phi) is 4.20. The summed E-state index contributed by atoms with van der Waals surface area (Å²) in [6.45, 7) is 6.05. The predicted octanol–water partition coefficient (Wildman–Crippen LogP) is 2.74. The summed E-state index contributed by atoms with van der Waals surface area (Å²) in [7, 11) is -1.15. The van der Waals surface area contributed by atoms with Gasteiger partial charge in [0.1, 0.15) is 15.5 Å². The third-order valence-electron chi connectivity index (χ3n) is 5.23. The van der Waals surface area contributed by atoms with E-state index in [0.29, 0.717) is 18.5 Å². The van der Waals surface area contributed by atoms with Crippen LogP contribution < -0.4 is 0 Å². The molecule has 0 aliphatic carbocycles. The molecule has 1 N–H and O–H groups in total. The number of rotatable bonds is 2. The van der Waals surface area contributed by atoms with Crippen molar-refractivity contribution >= 4 is 26.6 Å². The quantitative estimate of drug-likeness (QED) is 0.907. The van der Waals surface area contributed by atoms with Crippen molar-refractivity contribution in [1.82, 2.24) is 9.88 Å². The van der Waals surface area contributed by atoms with E-state index < -0.39 is 9.84 Å². The summed E-state index contributed by atoms with van der Waals surface area (Å²) in [6, 6.07) is 4.11. The molecule has 1 saturated heterocycles. The zero-order valence-electron chi connectivity index (χ0n) is 14.6. The first-order valence-corrected chi connectivity index (χ1v) is 10.1. The first kappa shape index (κ1) is 17.0. The average Bonchev–Trinajstić information content (AvgIpc) is 2.88. The van der Waals surface area contributed by atoms with E-state index in [0.717, 1.165) is 27.6 Å². The number of fused-ring (bicyclic) bond motifs is 1. The van der Waals surface area contributed by atoms with Crippen molar-refractivity contribution in [2.24, 2.45) is 0 Å². The van der Waals surface area contributed by atoms with Gasteiger partial charge in [0.25, 0.3) is 5.91 Å². The van der Waals surface area contributed by atoms with Crippen molar-refractivity contribution in [2.45, 2.75) is 39.7 Å². The van der Waals surface area contributed by atoms with E-state index >= 15 is 0 Å². The van der Waals surface area contributed by atoms with Crippen LogP contribution in [0.1, 0.15) is 40.0 Å². The molecule has 0 bridgehead atoms. The number of aromatic amines is 1. The highest BCUT2D eigenvalue weighted by atomic mass is 32.2. The molecule has 0 radical (unpaired) electrons. The van der Waals surface area contributed by atoms with Crippen LogP contribution >= 0.6 is 0 Å². The Hall–Kier alpha value is -1.82. The van der Waals surface area contributed by atoms with Gasteiger partial charge >= 0.3 is 0 Å². The number of carbonyl (C=O) groups excluding carboxylic acids is 1. The van der Waals surface area contributed by atoms with Crippen LogP contribution in [0.2, 0.25) is 0 Å². The van der Waals surface area contributed by atoms with Crippen LogP contribution in [0.25, 0.3) is 10.9 Å². The molecular weight excluding hydrogens is 324 g/mol. The summed E-state index contributed by atoms with van der Waals surface area (Å²) >= 11 is 0. The number of aryl methyl sites for hydroxylation is 3. The molecule has 1 aliphatic heterocycles. The van der Waals surface area contributed by atoms with Gasteiger partial charge in [-0.15, -0.1) is 0 Å². The average molecular weight is 348 g/mol. The Morgan fingerprint density at radius 1 is 1.12 bits per heavy atom. The summed E-state index contributed by atoms with van der Waals surface area (Å²) < 4.78 is 23.2. The minimum Gasteiger partial charge on any atom is -0.350 e. The van der Waals surface area contributed by atoms with Crippen molar-refractivity contribution in [3.05, 3.63) is 34.5 Å².